The first-order valence-electron chi connectivity index (χ1n) is 7.02. The second kappa shape index (κ2) is 6.55. The Kier molecular flexibility index (Phi) is 4.49. The molecular formula is C14H13Cl2N5O2. The van der Waals surface area contributed by atoms with Gasteiger partial charge in [-0.1, -0.05) is 23.2 Å². The van der Waals surface area contributed by atoms with Crippen molar-refractivity contribution in [1.82, 2.24) is 20.3 Å². The lowest BCUT2D eigenvalue weighted by atomic mass is 10.2. The number of carbonyl (C=O) groups excluding carboxylic acids is 2. The van der Waals surface area contributed by atoms with Gasteiger partial charge in [-0.3, -0.25) is 9.59 Å². The van der Waals surface area contributed by atoms with Gasteiger partial charge in [-0.05, 0) is 31.0 Å². The molecule has 2 amide bonds. The van der Waals surface area contributed by atoms with Crippen LogP contribution in [0.4, 0.5) is 5.82 Å². The summed E-state index contributed by atoms with van der Waals surface area (Å²) in [6.07, 6.45) is 1.93. The number of hydrogen-bond donors (Lipinski definition) is 2. The molecule has 9 heteroatoms. The molecule has 3 rings (SSSR count). The number of likely N-dealkylation sites (tertiary alicyclic amines) is 1. The third-order valence-electron chi connectivity index (χ3n) is 3.50. The summed E-state index contributed by atoms with van der Waals surface area (Å²) in [5, 5.41) is 13.3. The molecule has 7 nitrogen and oxygen atoms in total. The number of anilines is 1. The lowest BCUT2D eigenvalue weighted by Gasteiger charge is -2.13. The predicted octanol–water partition coefficient (Wildman–Crippen LogP) is 2.60. The van der Waals surface area contributed by atoms with Gasteiger partial charge in [-0.15, -0.1) is 10.2 Å². The second-order valence-electron chi connectivity index (χ2n) is 5.13. The maximum Gasteiger partial charge on any atom is 0.278 e. The SMILES string of the molecule is O=C(Nc1n[nH]nc1C(=O)N1CCCC1)c1cc(Cl)cc(Cl)c1. The first-order valence-corrected chi connectivity index (χ1v) is 7.77. The molecule has 0 spiro atoms. The van der Waals surface area contributed by atoms with E-state index in [1.165, 1.54) is 18.2 Å². The van der Waals surface area contributed by atoms with E-state index in [9.17, 15) is 9.59 Å². The van der Waals surface area contributed by atoms with Gasteiger partial charge in [-0.2, -0.15) is 5.21 Å². The van der Waals surface area contributed by atoms with Crippen LogP contribution in [0.3, 0.4) is 0 Å². The molecule has 0 radical (unpaired) electrons. The number of rotatable bonds is 3. The molecule has 1 fully saturated rings. The van der Waals surface area contributed by atoms with Crippen LogP contribution < -0.4 is 5.32 Å². The number of aromatic amines is 1. The molecule has 0 bridgehead atoms. The number of amides is 2. The van der Waals surface area contributed by atoms with Crippen LogP contribution in [0.2, 0.25) is 10.0 Å². The summed E-state index contributed by atoms with van der Waals surface area (Å²) in [4.78, 5) is 26.3. The van der Waals surface area contributed by atoms with Crippen LogP contribution in [0.15, 0.2) is 18.2 Å². The number of H-pyrrole nitrogens is 1. The fourth-order valence-electron chi connectivity index (χ4n) is 2.40. The van der Waals surface area contributed by atoms with Crippen LogP contribution >= 0.6 is 23.2 Å². The monoisotopic (exact) mass is 353 g/mol. The molecule has 120 valence electrons. The Morgan fingerprint density at radius 2 is 1.74 bits per heavy atom. The molecule has 1 aliphatic heterocycles. The Morgan fingerprint density at radius 3 is 2.39 bits per heavy atom. The zero-order chi connectivity index (χ0) is 16.4. The Hall–Kier alpha value is -2.12. The first kappa shape index (κ1) is 15.8. The topological polar surface area (TPSA) is 91.0 Å². The van der Waals surface area contributed by atoms with Crippen molar-refractivity contribution in [3.63, 3.8) is 0 Å². The molecule has 2 heterocycles. The molecule has 2 aromatic rings. The quantitative estimate of drug-likeness (QED) is 0.886. The van der Waals surface area contributed by atoms with Crippen molar-refractivity contribution in [1.29, 1.82) is 0 Å². The Labute approximate surface area is 141 Å². The summed E-state index contributed by atoms with van der Waals surface area (Å²) >= 11 is 11.8. The van der Waals surface area contributed by atoms with E-state index in [1.807, 2.05) is 0 Å². The number of nitrogens with one attached hydrogen (secondary N) is 2. The van der Waals surface area contributed by atoms with E-state index in [0.29, 0.717) is 23.1 Å². The third-order valence-corrected chi connectivity index (χ3v) is 3.94. The summed E-state index contributed by atoms with van der Waals surface area (Å²) in [7, 11) is 0. The molecule has 0 unspecified atom stereocenters. The van der Waals surface area contributed by atoms with Crippen LogP contribution in [0.25, 0.3) is 0 Å². The van der Waals surface area contributed by atoms with E-state index in [4.69, 9.17) is 23.2 Å². The van der Waals surface area contributed by atoms with E-state index < -0.39 is 5.91 Å². The average molecular weight is 354 g/mol. The standard InChI is InChI=1S/C14H13Cl2N5O2/c15-9-5-8(6-10(16)7-9)13(22)17-12-11(18-20-19-12)14(23)21-3-1-2-4-21/h5-7H,1-4H2,(H2,17,18,19,20,22). The Balaban J connectivity index is 1.79. The molecule has 0 atom stereocenters. The van der Waals surface area contributed by atoms with Crippen LogP contribution in [0.1, 0.15) is 33.7 Å². The minimum atomic E-state index is -0.473. The molecule has 1 saturated heterocycles. The highest BCUT2D eigenvalue weighted by atomic mass is 35.5. The van der Waals surface area contributed by atoms with Gasteiger partial charge in [0.1, 0.15) is 0 Å². The third kappa shape index (κ3) is 3.46. The van der Waals surface area contributed by atoms with Crippen LogP contribution in [-0.2, 0) is 0 Å². The van der Waals surface area contributed by atoms with Crippen molar-refractivity contribution >= 4 is 40.8 Å². The molecule has 1 aliphatic rings. The van der Waals surface area contributed by atoms with Gasteiger partial charge >= 0.3 is 0 Å². The molecular weight excluding hydrogens is 341 g/mol. The van der Waals surface area contributed by atoms with E-state index in [2.05, 4.69) is 20.7 Å². The van der Waals surface area contributed by atoms with Gasteiger partial charge in [0.15, 0.2) is 11.5 Å². The maximum absolute atomic E-state index is 12.4. The molecule has 0 saturated carbocycles. The molecule has 1 aromatic heterocycles. The zero-order valence-corrected chi connectivity index (χ0v) is 13.5. The molecule has 2 N–H and O–H groups in total. The van der Waals surface area contributed by atoms with Gasteiger partial charge in [0.25, 0.3) is 11.8 Å². The van der Waals surface area contributed by atoms with Crippen molar-refractivity contribution in [3.05, 3.63) is 39.5 Å². The van der Waals surface area contributed by atoms with Crippen molar-refractivity contribution in [2.24, 2.45) is 0 Å². The average Bonchev–Trinajstić information content (AvgIpc) is 3.17. The molecule has 0 aliphatic carbocycles. The second-order valence-corrected chi connectivity index (χ2v) is 6.01. The van der Waals surface area contributed by atoms with Gasteiger partial charge in [0.05, 0.1) is 0 Å². The van der Waals surface area contributed by atoms with Crippen LogP contribution in [0, 0.1) is 0 Å². The molecule has 1 aromatic carbocycles. The smallest absolute Gasteiger partial charge is 0.278 e. The van der Waals surface area contributed by atoms with E-state index in [0.717, 1.165) is 12.8 Å². The predicted molar refractivity (Wildman–Crippen MR) is 85.9 cm³/mol. The highest BCUT2D eigenvalue weighted by Gasteiger charge is 2.26. The highest BCUT2D eigenvalue weighted by Crippen LogP contribution is 2.21. The summed E-state index contributed by atoms with van der Waals surface area (Å²) < 4.78 is 0. The lowest BCUT2D eigenvalue weighted by molar-refractivity contribution is 0.0788. The van der Waals surface area contributed by atoms with Gasteiger partial charge < -0.3 is 10.2 Å². The van der Waals surface area contributed by atoms with Crippen molar-refractivity contribution in [2.75, 3.05) is 18.4 Å². The normalized spacial score (nSPS) is 14.1. The minimum Gasteiger partial charge on any atom is -0.337 e. The first-order chi connectivity index (χ1) is 11.0. The summed E-state index contributed by atoms with van der Waals surface area (Å²) in [6.45, 7) is 1.37. The molecule has 23 heavy (non-hydrogen) atoms. The van der Waals surface area contributed by atoms with Crippen molar-refractivity contribution in [2.45, 2.75) is 12.8 Å². The maximum atomic E-state index is 12.4. The fraction of sp³-hybridized carbons (Fsp3) is 0.286. The van der Waals surface area contributed by atoms with Crippen molar-refractivity contribution < 1.29 is 9.59 Å². The number of benzene rings is 1. The number of nitrogens with zero attached hydrogens (tertiary/aromatic N) is 3. The van der Waals surface area contributed by atoms with Gasteiger partial charge in [0, 0.05) is 28.7 Å². The van der Waals surface area contributed by atoms with E-state index in [-0.39, 0.29) is 23.0 Å². The highest BCUT2D eigenvalue weighted by molar-refractivity contribution is 6.35. The van der Waals surface area contributed by atoms with Crippen molar-refractivity contribution in [3.8, 4) is 0 Å². The minimum absolute atomic E-state index is 0.0861. The number of aromatic nitrogens is 3. The Bertz CT molecular complexity index is 735. The van der Waals surface area contributed by atoms with E-state index in [1.54, 1.807) is 4.90 Å². The van der Waals surface area contributed by atoms with Crippen LogP contribution in [-0.4, -0.2) is 45.2 Å². The van der Waals surface area contributed by atoms with E-state index >= 15 is 0 Å². The fourth-order valence-corrected chi connectivity index (χ4v) is 2.93. The number of halogens is 2. The lowest BCUT2D eigenvalue weighted by Crippen LogP contribution is -2.29. The number of carbonyl (C=O) groups is 2. The summed E-state index contributed by atoms with van der Waals surface area (Å²) in [5.74, 6) is -0.641. The summed E-state index contributed by atoms with van der Waals surface area (Å²) in [5.41, 5.74) is 0.360. The Morgan fingerprint density at radius 1 is 1.09 bits per heavy atom. The van der Waals surface area contributed by atoms with Gasteiger partial charge in [0.2, 0.25) is 0 Å². The summed E-state index contributed by atoms with van der Waals surface area (Å²) in [6, 6.07) is 4.48. The van der Waals surface area contributed by atoms with Crippen LogP contribution in [0.5, 0.6) is 0 Å². The number of hydrogen-bond acceptors (Lipinski definition) is 4. The zero-order valence-electron chi connectivity index (χ0n) is 12.0. The largest absolute Gasteiger partial charge is 0.337 e. The van der Waals surface area contributed by atoms with Gasteiger partial charge in [-0.25, -0.2) is 0 Å².